The number of carbonyl (C=O) groups is 3. The number of hydrogen-bond acceptors (Lipinski definition) is 6. The van der Waals surface area contributed by atoms with Crippen molar-refractivity contribution in [3.05, 3.63) is 89.6 Å². The van der Waals surface area contributed by atoms with Crippen LogP contribution in [0, 0.1) is 5.82 Å². The largest absolute Gasteiger partial charge is 0.459 e. The van der Waals surface area contributed by atoms with Crippen LogP contribution in [0.25, 0.3) is 0 Å². The van der Waals surface area contributed by atoms with Crippen molar-refractivity contribution in [3.8, 4) is 0 Å². The van der Waals surface area contributed by atoms with Crippen molar-refractivity contribution >= 4 is 27.6 Å². The maximum atomic E-state index is 13.5. The van der Waals surface area contributed by atoms with Gasteiger partial charge < -0.3 is 19.5 Å². The highest BCUT2D eigenvalue weighted by Crippen LogP contribution is 2.23. The predicted molar refractivity (Wildman–Crippen MR) is 141 cm³/mol. The molecule has 1 atom stereocenters. The van der Waals surface area contributed by atoms with Gasteiger partial charge in [-0.1, -0.05) is 32.9 Å². The minimum Gasteiger partial charge on any atom is -0.459 e. The van der Waals surface area contributed by atoms with Crippen LogP contribution in [0.2, 0.25) is 0 Å². The second-order valence-corrected chi connectivity index (χ2v) is 12.3. The second kappa shape index (κ2) is 11.0. The fourth-order valence-electron chi connectivity index (χ4n) is 4.22. The number of halogens is 1. The summed E-state index contributed by atoms with van der Waals surface area (Å²) in [5.74, 6) is -2.76. The minimum absolute atomic E-state index is 0.0509. The average molecular weight is 556 g/mol. The molecule has 206 valence electrons. The second-order valence-electron chi connectivity index (χ2n) is 10.3. The third kappa shape index (κ3) is 6.19. The van der Waals surface area contributed by atoms with Crippen LogP contribution in [0.5, 0.6) is 0 Å². The Bertz CT molecular complexity index is 1440. The molecule has 9 nitrogen and oxygen atoms in total. The summed E-state index contributed by atoms with van der Waals surface area (Å²) in [7, 11) is -4.45. The summed E-state index contributed by atoms with van der Waals surface area (Å²) in [5.41, 5.74) is 1.56. The molecular formula is C28H30FN3O6S. The van der Waals surface area contributed by atoms with Crippen molar-refractivity contribution in [2.75, 3.05) is 26.2 Å². The fourth-order valence-corrected chi connectivity index (χ4v) is 5.69. The number of amides is 3. The molecule has 0 spiro atoms. The highest BCUT2D eigenvalue weighted by atomic mass is 32.2. The van der Waals surface area contributed by atoms with E-state index in [0.29, 0.717) is 5.56 Å². The average Bonchev–Trinajstić information content (AvgIpc) is 3.46. The Kier molecular flexibility index (Phi) is 7.91. The van der Waals surface area contributed by atoms with Gasteiger partial charge in [-0.25, -0.2) is 12.8 Å². The summed E-state index contributed by atoms with van der Waals surface area (Å²) < 4.78 is 45.3. The van der Waals surface area contributed by atoms with Crippen molar-refractivity contribution in [1.29, 1.82) is 0 Å². The van der Waals surface area contributed by atoms with E-state index in [-0.39, 0.29) is 48.2 Å². The Morgan fingerprint density at radius 2 is 1.49 bits per heavy atom. The van der Waals surface area contributed by atoms with E-state index in [2.05, 4.69) is 26.1 Å². The lowest BCUT2D eigenvalue weighted by Gasteiger charge is -2.36. The zero-order valence-corrected chi connectivity index (χ0v) is 22.7. The topological polar surface area (TPSA) is 117 Å². The number of hydrogen-bond donors (Lipinski definition) is 1. The van der Waals surface area contributed by atoms with E-state index < -0.39 is 32.8 Å². The van der Waals surface area contributed by atoms with Gasteiger partial charge in [-0.05, 0) is 59.5 Å². The molecule has 0 saturated carbocycles. The molecule has 3 aromatic rings. The third-order valence-electron chi connectivity index (χ3n) is 6.56. The number of carbonyl (C=O) groups excluding carboxylic acids is 3. The van der Waals surface area contributed by atoms with Crippen LogP contribution >= 0.6 is 0 Å². The number of rotatable bonds is 6. The molecular weight excluding hydrogens is 525 g/mol. The summed E-state index contributed by atoms with van der Waals surface area (Å²) >= 11 is 0. The molecule has 11 heteroatoms. The van der Waals surface area contributed by atoms with Crippen LogP contribution in [0.1, 0.15) is 47.2 Å². The van der Waals surface area contributed by atoms with Gasteiger partial charge in [0.15, 0.2) is 5.76 Å². The number of benzene rings is 2. The van der Waals surface area contributed by atoms with Gasteiger partial charge in [-0.3, -0.25) is 14.4 Å². The molecule has 0 bridgehead atoms. The molecule has 4 rings (SSSR count). The highest BCUT2D eigenvalue weighted by Gasteiger charge is 2.40. The maximum Gasteiger partial charge on any atom is 0.288 e. The standard InChI is InChI=1S/C28H30FN3O6S/c1-28(2,3)20-8-6-19(7-9-20)26(34)31-14-16-32(17-15-31)27(35)25(30-24(33)23-5-4-18-38-23)39(36,37)22-12-10-21(29)11-13-22/h4-13,18,25H,14-17H2,1-3H3,(H,30,33). The van der Waals surface area contributed by atoms with Crippen molar-refractivity contribution in [3.63, 3.8) is 0 Å². The van der Waals surface area contributed by atoms with Gasteiger partial charge >= 0.3 is 0 Å². The van der Waals surface area contributed by atoms with Gasteiger partial charge in [-0.15, -0.1) is 0 Å². The molecule has 1 unspecified atom stereocenters. The van der Waals surface area contributed by atoms with E-state index >= 15 is 0 Å². The Morgan fingerprint density at radius 1 is 0.897 bits per heavy atom. The van der Waals surface area contributed by atoms with Crippen LogP contribution in [0.3, 0.4) is 0 Å². The van der Waals surface area contributed by atoms with E-state index in [1.807, 2.05) is 12.1 Å². The van der Waals surface area contributed by atoms with Gasteiger partial charge in [0.05, 0.1) is 11.2 Å². The van der Waals surface area contributed by atoms with Gasteiger partial charge in [0, 0.05) is 31.7 Å². The molecule has 0 aliphatic carbocycles. The van der Waals surface area contributed by atoms with Crippen molar-refractivity contribution in [2.24, 2.45) is 0 Å². The van der Waals surface area contributed by atoms with E-state index in [1.165, 1.54) is 23.3 Å². The smallest absolute Gasteiger partial charge is 0.288 e. The van der Waals surface area contributed by atoms with Gasteiger partial charge in [0.25, 0.3) is 17.7 Å². The predicted octanol–water partition coefficient (Wildman–Crippen LogP) is 3.23. The quantitative estimate of drug-likeness (QED) is 0.467. The number of furan rings is 1. The van der Waals surface area contributed by atoms with E-state index in [9.17, 15) is 27.2 Å². The molecule has 1 saturated heterocycles. The van der Waals surface area contributed by atoms with Crippen molar-refractivity contribution in [1.82, 2.24) is 15.1 Å². The molecule has 1 aliphatic rings. The molecule has 1 N–H and O–H groups in total. The summed E-state index contributed by atoms with van der Waals surface area (Å²) in [4.78, 5) is 41.8. The number of piperazine rings is 1. The van der Waals surface area contributed by atoms with E-state index in [0.717, 1.165) is 29.8 Å². The fraction of sp³-hybridized carbons (Fsp3) is 0.321. The summed E-state index contributed by atoms with van der Waals surface area (Å²) in [5, 5.41) is 0.282. The Labute approximate surface area is 226 Å². The lowest BCUT2D eigenvalue weighted by atomic mass is 9.86. The highest BCUT2D eigenvalue weighted by molar-refractivity contribution is 7.92. The SMILES string of the molecule is CC(C)(C)c1ccc(C(=O)N2CCN(C(=O)C(NC(=O)c3ccco3)S(=O)(=O)c3ccc(F)cc3)CC2)cc1. The summed E-state index contributed by atoms with van der Waals surface area (Å²) in [6.45, 7) is 6.75. The molecule has 39 heavy (non-hydrogen) atoms. The van der Waals surface area contributed by atoms with Gasteiger partial charge in [0.1, 0.15) is 5.82 Å². The van der Waals surface area contributed by atoms with E-state index in [1.54, 1.807) is 17.0 Å². The van der Waals surface area contributed by atoms with Crippen LogP contribution in [0.15, 0.2) is 76.2 Å². The molecule has 1 aromatic heterocycles. The number of nitrogens with zero attached hydrogens (tertiary/aromatic N) is 2. The molecule has 0 radical (unpaired) electrons. The Morgan fingerprint density at radius 3 is 2.03 bits per heavy atom. The molecule has 2 heterocycles. The molecule has 1 fully saturated rings. The molecule has 2 aromatic carbocycles. The van der Waals surface area contributed by atoms with E-state index in [4.69, 9.17) is 4.42 Å². The molecule has 3 amide bonds. The first-order valence-electron chi connectivity index (χ1n) is 12.4. The molecule has 1 aliphatic heterocycles. The lowest BCUT2D eigenvalue weighted by Crippen LogP contribution is -2.57. The maximum absolute atomic E-state index is 13.5. The normalized spacial score (nSPS) is 15.1. The van der Waals surface area contributed by atoms with Crippen molar-refractivity contribution in [2.45, 2.75) is 36.5 Å². The zero-order valence-electron chi connectivity index (χ0n) is 21.9. The Balaban J connectivity index is 1.50. The number of nitrogens with one attached hydrogen (secondary N) is 1. The zero-order chi connectivity index (χ0) is 28.4. The first kappa shape index (κ1) is 28.0. The summed E-state index contributed by atoms with van der Waals surface area (Å²) in [6.07, 6.45) is 1.24. The monoisotopic (exact) mass is 555 g/mol. The van der Waals surface area contributed by atoms with Gasteiger partial charge in [0.2, 0.25) is 15.2 Å². The van der Waals surface area contributed by atoms with Crippen LogP contribution in [0.4, 0.5) is 4.39 Å². The first-order chi connectivity index (χ1) is 18.4. The third-order valence-corrected chi connectivity index (χ3v) is 8.43. The van der Waals surface area contributed by atoms with Gasteiger partial charge in [-0.2, -0.15) is 0 Å². The minimum atomic E-state index is -4.45. The van der Waals surface area contributed by atoms with Crippen molar-refractivity contribution < 1.29 is 31.6 Å². The number of sulfone groups is 1. The summed E-state index contributed by atoms with van der Waals surface area (Å²) in [6, 6.07) is 14.2. The van der Waals surface area contributed by atoms with Crippen LogP contribution in [-0.2, 0) is 20.0 Å². The van der Waals surface area contributed by atoms with Crippen LogP contribution in [-0.4, -0.2) is 67.5 Å². The van der Waals surface area contributed by atoms with Crippen LogP contribution < -0.4 is 5.32 Å². The first-order valence-corrected chi connectivity index (χ1v) is 13.9. The Hall–Kier alpha value is -3.99. The lowest BCUT2D eigenvalue weighted by molar-refractivity contribution is -0.132.